The third-order valence-corrected chi connectivity index (χ3v) is 5.27. The molecule has 1 aromatic heterocycles. The zero-order chi connectivity index (χ0) is 16.4. The molecule has 0 atom stereocenters. The molecular weight excluding hydrogens is 334 g/mol. The number of anilines is 3. The Hall–Kier alpha value is -2.13. The van der Waals surface area contributed by atoms with Crippen molar-refractivity contribution in [2.45, 2.75) is 17.7 Å². The average molecular weight is 349 g/mol. The van der Waals surface area contributed by atoms with Crippen molar-refractivity contribution in [2.24, 2.45) is 0 Å². The van der Waals surface area contributed by atoms with Crippen LogP contribution in [0.2, 0.25) is 0 Å². The fourth-order valence-electron chi connectivity index (χ4n) is 2.41. The highest BCUT2D eigenvalue weighted by molar-refractivity contribution is 8.01. The largest absolute Gasteiger partial charge is 0.374 e. The van der Waals surface area contributed by atoms with Gasteiger partial charge in [-0.15, -0.1) is 10.2 Å². The molecule has 0 bridgehead atoms. The van der Waals surface area contributed by atoms with Crippen LogP contribution in [0.25, 0.3) is 0 Å². The molecule has 0 saturated carbocycles. The molecule has 1 aliphatic rings. The van der Waals surface area contributed by atoms with E-state index in [0.717, 1.165) is 23.4 Å². The average Bonchev–Trinajstić information content (AvgIpc) is 3.10. The van der Waals surface area contributed by atoms with Crippen molar-refractivity contribution in [3.05, 3.63) is 23.8 Å². The number of fused-ring (bicyclic) bond motifs is 1. The van der Waals surface area contributed by atoms with Gasteiger partial charge in [-0.2, -0.15) is 0 Å². The summed E-state index contributed by atoms with van der Waals surface area (Å²) in [6.07, 6.45) is 0.803. The number of thioether (sulfide) groups is 1. The second-order valence-electron chi connectivity index (χ2n) is 5.01. The molecule has 0 spiro atoms. The molecule has 0 unspecified atom stereocenters. The fraction of sp³-hybridized carbons (Fsp3) is 0.286. The quantitative estimate of drug-likeness (QED) is 0.816. The van der Waals surface area contributed by atoms with E-state index in [-0.39, 0.29) is 17.6 Å². The van der Waals surface area contributed by atoms with Crippen LogP contribution >= 0.6 is 23.1 Å². The maximum atomic E-state index is 12.0. The Balaban J connectivity index is 1.60. The number of hydrogen-bond acceptors (Lipinski definition) is 7. The maximum absolute atomic E-state index is 12.0. The summed E-state index contributed by atoms with van der Waals surface area (Å²) in [5.74, 6) is 0.157. The summed E-state index contributed by atoms with van der Waals surface area (Å²) in [4.78, 5) is 25.3. The molecule has 23 heavy (non-hydrogen) atoms. The highest BCUT2D eigenvalue weighted by Gasteiger charge is 2.22. The molecule has 3 N–H and O–H groups in total. The molecule has 120 valence electrons. The van der Waals surface area contributed by atoms with Gasteiger partial charge in [0.1, 0.15) is 0 Å². The Morgan fingerprint density at radius 3 is 2.96 bits per heavy atom. The van der Waals surface area contributed by atoms with Crippen LogP contribution in [0, 0.1) is 0 Å². The summed E-state index contributed by atoms with van der Waals surface area (Å²) in [7, 11) is 0. The third kappa shape index (κ3) is 3.62. The molecule has 9 heteroatoms. The number of nitrogen functional groups attached to an aromatic ring is 1. The van der Waals surface area contributed by atoms with Crippen LogP contribution in [-0.2, 0) is 16.0 Å². The van der Waals surface area contributed by atoms with Crippen LogP contribution in [0.1, 0.15) is 12.5 Å². The van der Waals surface area contributed by atoms with E-state index < -0.39 is 0 Å². The topological polar surface area (TPSA) is 101 Å². The molecule has 2 heterocycles. The number of carbonyl (C=O) groups excluding carboxylic acids is 2. The Kier molecular flexibility index (Phi) is 4.49. The Morgan fingerprint density at radius 2 is 2.26 bits per heavy atom. The molecule has 0 fully saturated rings. The molecule has 0 aliphatic carbocycles. The molecule has 3 rings (SSSR count). The van der Waals surface area contributed by atoms with Gasteiger partial charge in [0.2, 0.25) is 16.9 Å². The zero-order valence-corrected chi connectivity index (χ0v) is 14.0. The zero-order valence-electron chi connectivity index (χ0n) is 12.4. The van der Waals surface area contributed by atoms with Gasteiger partial charge in [-0.3, -0.25) is 9.59 Å². The predicted octanol–water partition coefficient (Wildman–Crippen LogP) is 1.76. The normalized spacial score (nSPS) is 13.0. The molecule has 7 nitrogen and oxygen atoms in total. The second kappa shape index (κ2) is 6.55. The van der Waals surface area contributed by atoms with Crippen LogP contribution in [0.3, 0.4) is 0 Å². The molecular formula is C14H15N5O2S2. The van der Waals surface area contributed by atoms with Gasteiger partial charge in [0.05, 0.1) is 5.75 Å². The lowest BCUT2D eigenvalue weighted by molar-refractivity contribution is -0.116. The van der Waals surface area contributed by atoms with E-state index in [9.17, 15) is 9.59 Å². The first-order chi connectivity index (χ1) is 11.0. The van der Waals surface area contributed by atoms with E-state index in [4.69, 9.17) is 5.73 Å². The Labute approximate surface area is 141 Å². The molecule has 0 radical (unpaired) electrons. The fourth-order valence-corrected chi connectivity index (χ4v) is 3.85. The van der Waals surface area contributed by atoms with Crippen LogP contribution in [-0.4, -0.2) is 34.3 Å². The molecule has 1 aromatic carbocycles. The van der Waals surface area contributed by atoms with Crippen molar-refractivity contribution >= 4 is 51.4 Å². The third-order valence-electron chi connectivity index (χ3n) is 3.39. The van der Waals surface area contributed by atoms with Gasteiger partial charge in [-0.05, 0) is 30.2 Å². The van der Waals surface area contributed by atoms with Crippen molar-refractivity contribution in [2.75, 3.05) is 28.2 Å². The van der Waals surface area contributed by atoms with Gasteiger partial charge in [-0.1, -0.05) is 23.1 Å². The van der Waals surface area contributed by atoms with Gasteiger partial charge in [-0.25, -0.2) is 0 Å². The van der Waals surface area contributed by atoms with Crippen LogP contribution in [0.4, 0.5) is 16.5 Å². The van der Waals surface area contributed by atoms with E-state index in [1.54, 1.807) is 11.8 Å². The summed E-state index contributed by atoms with van der Waals surface area (Å²) in [6.45, 7) is 2.25. The number of aromatic nitrogens is 2. The second-order valence-corrected chi connectivity index (χ2v) is 7.24. The standard InChI is InChI=1S/C14H15N5O2S2/c1-8(20)19-5-4-9-6-10(2-3-11(9)19)16-12(21)7-22-14-18-17-13(15)23-14/h2-3,6H,4-5,7H2,1H3,(H2,15,17)(H,16,21). The SMILES string of the molecule is CC(=O)N1CCc2cc(NC(=O)CSc3nnc(N)s3)ccc21. The number of nitrogens with zero attached hydrogens (tertiary/aromatic N) is 3. The Bertz CT molecular complexity index is 761. The van der Waals surface area contributed by atoms with Crippen molar-refractivity contribution in [3.63, 3.8) is 0 Å². The smallest absolute Gasteiger partial charge is 0.234 e. The van der Waals surface area contributed by atoms with Crippen LogP contribution < -0.4 is 16.0 Å². The van der Waals surface area contributed by atoms with Crippen LogP contribution in [0.5, 0.6) is 0 Å². The maximum Gasteiger partial charge on any atom is 0.234 e. The van der Waals surface area contributed by atoms with Crippen molar-refractivity contribution in [1.82, 2.24) is 10.2 Å². The van der Waals surface area contributed by atoms with Crippen molar-refractivity contribution in [1.29, 1.82) is 0 Å². The number of carbonyl (C=O) groups is 2. The lowest BCUT2D eigenvalue weighted by Crippen LogP contribution is -2.25. The molecule has 2 amide bonds. The first-order valence-electron chi connectivity index (χ1n) is 6.95. The van der Waals surface area contributed by atoms with Crippen molar-refractivity contribution in [3.8, 4) is 0 Å². The first kappa shape index (κ1) is 15.8. The first-order valence-corrected chi connectivity index (χ1v) is 8.76. The Morgan fingerprint density at radius 1 is 1.43 bits per heavy atom. The summed E-state index contributed by atoms with van der Waals surface area (Å²) in [5, 5.41) is 10.8. The number of amides is 2. The van der Waals surface area contributed by atoms with E-state index in [2.05, 4.69) is 15.5 Å². The van der Waals surface area contributed by atoms with Gasteiger partial charge in [0.15, 0.2) is 4.34 Å². The van der Waals surface area contributed by atoms with Gasteiger partial charge in [0, 0.05) is 24.8 Å². The summed E-state index contributed by atoms with van der Waals surface area (Å²) in [6, 6.07) is 5.60. The van der Waals surface area contributed by atoms with Gasteiger partial charge in [0.25, 0.3) is 0 Å². The number of rotatable bonds is 4. The minimum Gasteiger partial charge on any atom is -0.374 e. The highest BCUT2D eigenvalue weighted by atomic mass is 32.2. The molecule has 1 aliphatic heterocycles. The summed E-state index contributed by atoms with van der Waals surface area (Å²) < 4.78 is 0.670. The highest BCUT2D eigenvalue weighted by Crippen LogP contribution is 2.30. The van der Waals surface area contributed by atoms with E-state index >= 15 is 0 Å². The lowest BCUT2D eigenvalue weighted by atomic mass is 10.1. The van der Waals surface area contributed by atoms with Crippen LogP contribution in [0.15, 0.2) is 22.5 Å². The monoisotopic (exact) mass is 349 g/mol. The van der Waals surface area contributed by atoms with E-state index in [1.165, 1.54) is 23.1 Å². The molecule has 2 aromatic rings. The minimum absolute atomic E-state index is 0.0354. The predicted molar refractivity (Wildman–Crippen MR) is 91.8 cm³/mol. The van der Waals surface area contributed by atoms with Gasteiger partial charge >= 0.3 is 0 Å². The van der Waals surface area contributed by atoms with E-state index in [0.29, 0.717) is 16.0 Å². The number of nitrogens with one attached hydrogen (secondary N) is 1. The van der Waals surface area contributed by atoms with Gasteiger partial charge < -0.3 is 16.0 Å². The number of benzene rings is 1. The van der Waals surface area contributed by atoms with Crippen molar-refractivity contribution < 1.29 is 9.59 Å². The number of nitrogens with two attached hydrogens (primary N) is 1. The number of hydrogen-bond donors (Lipinski definition) is 2. The minimum atomic E-state index is -0.120. The lowest BCUT2D eigenvalue weighted by Gasteiger charge is -2.15. The summed E-state index contributed by atoms with van der Waals surface area (Å²) in [5.41, 5.74) is 8.23. The summed E-state index contributed by atoms with van der Waals surface area (Å²) >= 11 is 2.55. The molecule has 0 saturated heterocycles. The van der Waals surface area contributed by atoms with E-state index in [1.807, 2.05) is 18.2 Å².